The minimum Gasteiger partial charge on any atom is -0.497 e. The Balaban J connectivity index is 2.27. The molecule has 0 amide bonds. The lowest BCUT2D eigenvalue weighted by molar-refractivity contribution is -0.137. The Morgan fingerprint density at radius 1 is 1.33 bits per heavy atom. The second kappa shape index (κ2) is 9.96. The summed E-state index contributed by atoms with van der Waals surface area (Å²) in [6.45, 7) is 8.07. The van der Waals surface area contributed by atoms with Gasteiger partial charge in [0.25, 0.3) is 0 Å². The molecule has 0 aromatic heterocycles. The lowest BCUT2D eigenvalue weighted by atomic mass is 9.92. The third-order valence-corrected chi connectivity index (χ3v) is 6.65. The number of carbonyl (C=O) groups excluding carboxylic acids is 1. The van der Waals surface area contributed by atoms with Crippen molar-refractivity contribution in [1.29, 1.82) is 0 Å². The van der Waals surface area contributed by atoms with Gasteiger partial charge in [0.2, 0.25) is 10.0 Å². The van der Waals surface area contributed by atoms with Crippen molar-refractivity contribution >= 4 is 16.0 Å². The number of rotatable bonds is 9. The van der Waals surface area contributed by atoms with Gasteiger partial charge in [-0.3, -0.25) is 0 Å². The molecule has 0 heterocycles. The van der Waals surface area contributed by atoms with Crippen LogP contribution in [0.1, 0.15) is 32.8 Å². The van der Waals surface area contributed by atoms with Crippen molar-refractivity contribution in [3.8, 4) is 12.3 Å². The maximum atomic E-state index is 13.4. The van der Waals surface area contributed by atoms with Crippen molar-refractivity contribution in [1.82, 2.24) is 4.31 Å². The van der Waals surface area contributed by atoms with Crippen LogP contribution in [0.3, 0.4) is 0 Å². The number of sulfonamides is 1. The zero-order valence-electron chi connectivity index (χ0n) is 17.9. The molecule has 0 spiro atoms. The van der Waals surface area contributed by atoms with Crippen molar-refractivity contribution < 1.29 is 22.7 Å². The van der Waals surface area contributed by atoms with E-state index in [9.17, 15) is 13.2 Å². The number of nitrogens with zero attached hydrogens (tertiary/aromatic N) is 1. The molecule has 30 heavy (non-hydrogen) atoms. The molecule has 2 rings (SSSR count). The van der Waals surface area contributed by atoms with Crippen LogP contribution in [0.5, 0.6) is 0 Å². The number of benzene rings is 1. The van der Waals surface area contributed by atoms with Crippen molar-refractivity contribution in [3.63, 3.8) is 0 Å². The predicted molar refractivity (Wildman–Crippen MR) is 116 cm³/mol. The summed E-state index contributed by atoms with van der Waals surface area (Å²) in [5, 5.41) is 0. The molecule has 0 N–H and O–H groups in total. The van der Waals surface area contributed by atoms with Gasteiger partial charge in [0, 0.05) is 0 Å². The maximum Gasteiger partial charge on any atom is 0.333 e. The molecule has 0 aliphatic heterocycles. The van der Waals surface area contributed by atoms with Crippen molar-refractivity contribution in [2.75, 3.05) is 19.8 Å². The fourth-order valence-corrected chi connectivity index (χ4v) is 4.99. The Morgan fingerprint density at radius 2 is 2.00 bits per heavy atom. The number of allylic oxidation sites excluding steroid dienone is 1. The molecule has 0 radical (unpaired) electrons. The highest BCUT2D eigenvalue weighted by atomic mass is 32.2. The Bertz CT molecular complexity index is 952. The summed E-state index contributed by atoms with van der Waals surface area (Å²) in [5.74, 6) is 1.98. The average Bonchev–Trinajstić information content (AvgIpc) is 2.97. The van der Waals surface area contributed by atoms with Gasteiger partial charge in [0.05, 0.1) is 36.4 Å². The maximum absolute atomic E-state index is 13.4. The Kier molecular flexibility index (Phi) is 7.88. The van der Waals surface area contributed by atoms with Crippen molar-refractivity contribution in [2.45, 2.75) is 45.1 Å². The van der Waals surface area contributed by atoms with E-state index in [0.717, 1.165) is 11.1 Å². The van der Waals surface area contributed by atoms with Crippen LogP contribution in [0.15, 0.2) is 53.1 Å². The molecule has 0 saturated carbocycles. The normalized spacial score (nSPS) is 18.3. The second-order valence-corrected chi connectivity index (χ2v) is 9.75. The molecular weight excluding hydrogens is 402 g/mol. The topological polar surface area (TPSA) is 72.9 Å². The van der Waals surface area contributed by atoms with Crippen LogP contribution in [-0.2, 0) is 24.3 Å². The smallest absolute Gasteiger partial charge is 0.333 e. The quantitative estimate of drug-likeness (QED) is 0.197. The molecule has 1 aromatic rings. The summed E-state index contributed by atoms with van der Waals surface area (Å²) in [4.78, 5) is 11.6. The standard InChI is InChI=1S/C23H29NO5S/c1-6-13-24(30(26,27)20-10-8-18(3)9-11-20)21-16-23(4,5)15-19(21)17-28-14-12-22(25)29-7-2/h1,8-12,14-15,21H,7,13,16-17H2,2-5H3/b14-12+. The van der Waals surface area contributed by atoms with Crippen LogP contribution in [0.4, 0.5) is 0 Å². The Morgan fingerprint density at radius 3 is 2.60 bits per heavy atom. The van der Waals surface area contributed by atoms with Crippen LogP contribution in [0.2, 0.25) is 0 Å². The number of terminal acetylenes is 1. The number of carbonyl (C=O) groups is 1. The van der Waals surface area contributed by atoms with Gasteiger partial charge in [0.1, 0.15) is 6.61 Å². The summed E-state index contributed by atoms with van der Waals surface area (Å²) < 4.78 is 38.4. The first-order chi connectivity index (χ1) is 14.1. The zero-order valence-corrected chi connectivity index (χ0v) is 18.7. The molecule has 0 bridgehead atoms. The first-order valence-electron chi connectivity index (χ1n) is 9.79. The fourth-order valence-electron chi connectivity index (χ4n) is 3.45. The lowest BCUT2D eigenvalue weighted by Crippen LogP contribution is -2.42. The third kappa shape index (κ3) is 5.97. The second-order valence-electron chi connectivity index (χ2n) is 7.86. The van der Waals surface area contributed by atoms with E-state index in [2.05, 4.69) is 5.92 Å². The van der Waals surface area contributed by atoms with E-state index in [1.54, 1.807) is 31.2 Å². The van der Waals surface area contributed by atoms with Crippen LogP contribution >= 0.6 is 0 Å². The number of hydrogen-bond donors (Lipinski definition) is 0. The molecule has 0 fully saturated rings. The van der Waals surface area contributed by atoms with E-state index < -0.39 is 22.0 Å². The van der Waals surface area contributed by atoms with E-state index in [-0.39, 0.29) is 30.1 Å². The summed E-state index contributed by atoms with van der Waals surface area (Å²) in [5.41, 5.74) is 1.56. The highest BCUT2D eigenvalue weighted by Crippen LogP contribution is 2.39. The highest BCUT2D eigenvalue weighted by molar-refractivity contribution is 7.89. The van der Waals surface area contributed by atoms with Crippen LogP contribution in [0, 0.1) is 24.7 Å². The van der Waals surface area contributed by atoms with Gasteiger partial charge in [-0.15, -0.1) is 6.42 Å². The molecule has 1 aliphatic carbocycles. The number of esters is 1. The van der Waals surface area contributed by atoms with Crippen molar-refractivity contribution in [2.24, 2.45) is 5.41 Å². The minimum absolute atomic E-state index is 0.0486. The number of aryl methyl sites for hydroxylation is 1. The Hall–Kier alpha value is -2.56. The van der Waals surface area contributed by atoms with E-state index in [1.807, 2.05) is 26.8 Å². The van der Waals surface area contributed by atoms with Crippen LogP contribution < -0.4 is 0 Å². The van der Waals surface area contributed by atoms with Gasteiger partial charge in [-0.25, -0.2) is 13.2 Å². The number of hydrogen-bond acceptors (Lipinski definition) is 5. The summed E-state index contributed by atoms with van der Waals surface area (Å²) in [6.07, 6.45) is 10.6. The molecule has 7 heteroatoms. The SMILES string of the molecule is C#CCN(C1CC(C)(C)C=C1CO/C=C/C(=O)OCC)S(=O)(=O)c1ccc(C)cc1. The first-order valence-corrected chi connectivity index (χ1v) is 11.2. The monoisotopic (exact) mass is 431 g/mol. The summed E-state index contributed by atoms with van der Waals surface area (Å²) in [7, 11) is -3.80. The highest BCUT2D eigenvalue weighted by Gasteiger charge is 2.40. The van der Waals surface area contributed by atoms with E-state index >= 15 is 0 Å². The van der Waals surface area contributed by atoms with Gasteiger partial charge in [-0.2, -0.15) is 4.31 Å². The van der Waals surface area contributed by atoms with Gasteiger partial charge >= 0.3 is 5.97 Å². The van der Waals surface area contributed by atoms with Crippen LogP contribution in [0.25, 0.3) is 0 Å². The average molecular weight is 432 g/mol. The van der Waals surface area contributed by atoms with E-state index in [4.69, 9.17) is 15.9 Å². The first kappa shape index (κ1) is 23.7. The largest absolute Gasteiger partial charge is 0.497 e. The third-order valence-electron chi connectivity index (χ3n) is 4.78. The zero-order chi connectivity index (χ0) is 22.4. The van der Waals surface area contributed by atoms with Gasteiger partial charge in [-0.1, -0.05) is 43.5 Å². The van der Waals surface area contributed by atoms with Gasteiger partial charge < -0.3 is 9.47 Å². The summed E-state index contributed by atoms with van der Waals surface area (Å²) in [6, 6.07) is 6.28. The van der Waals surface area contributed by atoms with E-state index in [1.165, 1.54) is 16.6 Å². The molecule has 1 unspecified atom stereocenters. The number of ether oxygens (including phenoxy) is 2. The van der Waals surface area contributed by atoms with Gasteiger partial charge in [0.15, 0.2) is 0 Å². The molecular formula is C23H29NO5S. The van der Waals surface area contributed by atoms with Crippen molar-refractivity contribution in [3.05, 3.63) is 53.8 Å². The minimum atomic E-state index is -3.80. The Labute approximate surface area is 179 Å². The molecule has 1 aromatic carbocycles. The lowest BCUT2D eigenvalue weighted by Gasteiger charge is -2.30. The molecule has 162 valence electrons. The fraction of sp³-hybridized carbons (Fsp3) is 0.435. The van der Waals surface area contributed by atoms with Gasteiger partial charge in [-0.05, 0) is 43.4 Å². The van der Waals surface area contributed by atoms with E-state index in [0.29, 0.717) is 6.42 Å². The molecule has 1 atom stereocenters. The molecule has 0 saturated heterocycles. The molecule has 6 nitrogen and oxygen atoms in total. The molecule has 1 aliphatic rings. The predicted octanol–water partition coefficient (Wildman–Crippen LogP) is 3.44. The van der Waals surface area contributed by atoms with Crippen LogP contribution in [-0.4, -0.2) is 44.5 Å². The summed E-state index contributed by atoms with van der Waals surface area (Å²) >= 11 is 0.